The molecule has 35 heavy (non-hydrogen) atoms. The average Bonchev–Trinajstić information content (AvgIpc) is 2.90. The highest BCUT2D eigenvalue weighted by molar-refractivity contribution is 5.97. The second kappa shape index (κ2) is 11.0. The summed E-state index contributed by atoms with van der Waals surface area (Å²) in [6.45, 7) is 0.455. The number of benzene rings is 3. The predicted molar refractivity (Wildman–Crippen MR) is 129 cm³/mol. The van der Waals surface area contributed by atoms with Crippen LogP contribution in [-0.4, -0.2) is 22.0 Å². The molecular weight excluding hydrogens is 449 g/mol. The normalized spacial score (nSPS) is 10.9. The largest absolute Gasteiger partial charge is 0.488 e. The molecule has 0 bridgehead atoms. The summed E-state index contributed by atoms with van der Waals surface area (Å²) in [6, 6.07) is 22.2. The lowest BCUT2D eigenvalue weighted by atomic mass is 10.1. The molecule has 4 rings (SSSR count). The van der Waals surface area contributed by atoms with Crippen LogP contribution in [0.2, 0.25) is 0 Å². The molecule has 2 amide bonds. The maximum Gasteiger partial charge on any atom is 0.270 e. The van der Waals surface area contributed by atoms with E-state index in [1.165, 1.54) is 23.7 Å². The number of hydrogen-bond acceptors (Lipinski definition) is 5. The molecule has 1 heterocycles. The summed E-state index contributed by atoms with van der Waals surface area (Å²) in [7, 11) is 0. The Morgan fingerprint density at radius 3 is 2.57 bits per heavy atom. The number of carbonyl (C=O) groups is 2. The van der Waals surface area contributed by atoms with Crippen LogP contribution in [-0.2, 0) is 17.9 Å². The second-order valence-electron chi connectivity index (χ2n) is 7.68. The molecule has 7 nitrogen and oxygen atoms in total. The molecule has 1 aromatic heterocycles. The highest BCUT2D eigenvalue weighted by Crippen LogP contribution is 2.26. The SMILES string of the molecule is O=C(/C=C/c1cccc(CNC(=O)c2cc(OCc3ccc(F)cc3)c3ccccc3n2)c1)NO. The summed E-state index contributed by atoms with van der Waals surface area (Å²) >= 11 is 0. The van der Waals surface area contributed by atoms with Gasteiger partial charge in [-0.1, -0.05) is 42.5 Å². The van der Waals surface area contributed by atoms with Crippen molar-refractivity contribution in [1.29, 1.82) is 0 Å². The number of aromatic nitrogens is 1. The Balaban J connectivity index is 1.49. The minimum absolute atomic E-state index is 0.202. The molecule has 3 N–H and O–H groups in total. The molecule has 3 aromatic carbocycles. The molecule has 0 radical (unpaired) electrons. The smallest absolute Gasteiger partial charge is 0.270 e. The molecule has 0 atom stereocenters. The van der Waals surface area contributed by atoms with E-state index in [0.717, 1.165) is 22.1 Å². The van der Waals surface area contributed by atoms with Gasteiger partial charge >= 0.3 is 0 Å². The monoisotopic (exact) mass is 471 g/mol. The van der Waals surface area contributed by atoms with E-state index in [4.69, 9.17) is 9.94 Å². The highest BCUT2D eigenvalue weighted by Gasteiger charge is 2.13. The number of ether oxygens (including phenoxy) is 1. The maximum absolute atomic E-state index is 13.2. The summed E-state index contributed by atoms with van der Waals surface area (Å²) in [5.41, 5.74) is 4.70. The third kappa shape index (κ3) is 6.27. The van der Waals surface area contributed by atoms with E-state index in [9.17, 15) is 14.0 Å². The zero-order chi connectivity index (χ0) is 24.6. The van der Waals surface area contributed by atoms with Gasteiger partial charge in [-0.2, -0.15) is 0 Å². The van der Waals surface area contributed by atoms with Gasteiger partial charge in [0.2, 0.25) is 0 Å². The van der Waals surface area contributed by atoms with E-state index in [1.54, 1.807) is 42.5 Å². The van der Waals surface area contributed by atoms with Crippen molar-refractivity contribution in [3.63, 3.8) is 0 Å². The van der Waals surface area contributed by atoms with Crippen LogP contribution in [0.25, 0.3) is 17.0 Å². The molecule has 8 heteroatoms. The van der Waals surface area contributed by atoms with Crippen molar-refractivity contribution in [3.05, 3.63) is 113 Å². The minimum Gasteiger partial charge on any atom is -0.488 e. The number of pyridine rings is 1. The van der Waals surface area contributed by atoms with Crippen LogP contribution in [0.4, 0.5) is 4.39 Å². The first-order valence-electron chi connectivity index (χ1n) is 10.8. The van der Waals surface area contributed by atoms with Crippen LogP contribution in [0, 0.1) is 5.82 Å². The van der Waals surface area contributed by atoms with Crippen molar-refractivity contribution < 1.29 is 23.9 Å². The zero-order valence-electron chi connectivity index (χ0n) is 18.6. The third-order valence-electron chi connectivity index (χ3n) is 5.16. The molecule has 0 saturated heterocycles. The minimum atomic E-state index is -0.636. The number of hydroxylamine groups is 1. The molecule has 176 valence electrons. The Morgan fingerprint density at radius 2 is 1.77 bits per heavy atom. The molecule has 0 unspecified atom stereocenters. The van der Waals surface area contributed by atoms with Crippen molar-refractivity contribution in [3.8, 4) is 5.75 Å². The number of para-hydroxylation sites is 1. The number of amides is 2. The summed E-state index contributed by atoms with van der Waals surface area (Å²) in [6.07, 6.45) is 2.75. The standard InChI is InChI=1S/C27H22FN3O4/c28-21-11-8-19(9-12-21)17-35-25-15-24(30-23-7-2-1-6-22(23)25)27(33)29-16-20-5-3-4-18(14-20)10-13-26(32)31-34/h1-15,34H,16-17H2,(H,29,33)(H,31,32)/b13-10+. The third-order valence-corrected chi connectivity index (χ3v) is 5.16. The van der Waals surface area contributed by atoms with E-state index in [-0.39, 0.29) is 30.6 Å². The number of fused-ring (bicyclic) bond motifs is 1. The molecule has 4 aromatic rings. The summed E-state index contributed by atoms with van der Waals surface area (Å²) in [5.74, 6) is -0.829. The van der Waals surface area contributed by atoms with Gasteiger partial charge in [0, 0.05) is 24.1 Å². The Labute approximate surface area is 200 Å². The number of carbonyl (C=O) groups excluding carboxylic acids is 2. The summed E-state index contributed by atoms with van der Waals surface area (Å²) in [4.78, 5) is 28.5. The van der Waals surface area contributed by atoms with Crippen molar-refractivity contribution in [2.75, 3.05) is 0 Å². The first-order chi connectivity index (χ1) is 17.0. The fraction of sp³-hybridized carbons (Fsp3) is 0.0741. The van der Waals surface area contributed by atoms with Crippen LogP contribution < -0.4 is 15.5 Å². The van der Waals surface area contributed by atoms with E-state index >= 15 is 0 Å². The van der Waals surface area contributed by atoms with E-state index in [1.807, 2.05) is 30.3 Å². The summed E-state index contributed by atoms with van der Waals surface area (Å²) in [5, 5.41) is 12.2. The quantitative estimate of drug-likeness (QED) is 0.201. The first-order valence-corrected chi connectivity index (χ1v) is 10.8. The second-order valence-corrected chi connectivity index (χ2v) is 7.68. The van der Waals surface area contributed by atoms with Crippen LogP contribution in [0.1, 0.15) is 27.2 Å². The number of halogens is 1. The number of rotatable bonds is 8. The Morgan fingerprint density at radius 1 is 0.971 bits per heavy atom. The fourth-order valence-corrected chi connectivity index (χ4v) is 3.41. The molecule has 0 aliphatic rings. The zero-order valence-corrected chi connectivity index (χ0v) is 18.6. The lowest BCUT2D eigenvalue weighted by Gasteiger charge is -2.12. The Bertz CT molecular complexity index is 1390. The Kier molecular flexibility index (Phi) is 7.44. The van der Waals surface area contributed by atoms with Crippen LogP contribution in [0.3, 0.4) is 0 Å². The molecule has 0 aliphatic heterocycles. The molecule has 0 fully saturated rings. The molecule has 0 spiro atoms. The fourth-order valence-electron chi connectivity index (χ4n) is 3.41. The van der Waals surface area contributed by atoms with Gasteiger partial charge in [-0.25, -0.2) is 14.9 Å². The number of hydrogen-bond donors (Lipinski definition) is 3. The Hall–Kier alpha value is -4.56. The van der Waals surface area contributed by atoms with E-state index in [0.29, 0.717) is 11.3 Å². The van der Waals surface area contributed by atoms with Crippen LogP contribution >= 0.6 is 0 Å². The van der Waals surface area contributed by atoms with E-state index < -0.39 is 5.91 Å². The average molecular weight is 471 g/mol. The first kappa shape index (κ1) is 23.6. The predicted octanol–water partition coefficient (Wildman–Crippen LogP) is 4.40. The number of nitrogens with one attached hydrogen (secondary N) is 2. The molecule has 0 aliphatic carbocycles. The maximum atomic E-state index is 13.2. The van der Waals surface area contributed by atoms with Crippen LogP contribution in [0.5, 0.6) is 5.75 Å². The van der Waals surface area contributed by atoms with Gasteiger partial charge in [-0.15, -0.1) is 0 Å². The van der Waals surface area contributed by atoms with Gasteiger partial charge in [-0.05, 0) is 53.1 Å². The lowest BCUT2D eigenvalue weighted by Crippen LogP contribution is -2.24. The topological polar surface area (TPSA) is 101 Å². The number of nitrogens with zero attached hydrogens (tertiary/aromatic N) is 1. The van der Waals surface area contributed by atoms with Crippen molar-refractivity contribution >= 4 is 28.8 Å². The molecule has 0 saturated carbocycles. The highest BCUT2D eigenvalue weighted by atomic mass is 19.1. The van der Waals surface area contributed by atoms with Gasteiger partial charge in [0.15, 0.2) is 0 Å². The van der Waals surface area contributed by atoms with Gasteiger partial charge in [0.05, 0.1) is 5.52 Å². The van der Waals surface area contributed by atoms with Gasteiger partial charge in [0.25, 0.3) is 11.8 Å². The van der Waals surface area contributed by atoms with Gasteiger partial charge in [0.1, 0.15) is 23.9 Å². The van der Waals surface area contributed by atoms with E-state index in [2.05, 4.69) is 10.3 Å². The van der Waals surface area contributed by atoms with Crippen LogP contribution in [0.15, 0.2) is 84.9 Å². The van der Waals surface area contributed by atoms with Gasteiger partial charge in [-0.3, -0.25) is 14.8 Å². The molecular formula is C27H22FN3O4. The summed E-state index contributed by atoms with van der Waals surface area (Å²) < 4.78 is 19.2. The van der Waals surface area contributed by atoms with Gasteiger partial charge < -0.3 is 10.1 Å². The van der Waals surface area contributed by atoms with Crippen molar-refractivity contribution in [2.45, 2.75) is 13.2 Å². The van der Waals surface area contributed by atoms with Crippen molar-refractivity contribution in [1.82, 2.24) is 15.8 Å². The lowest BCUT2D eigenvalue weighted by molar-refractivity contribution is -0.124. The van der Waals surface area contributed by atoms with Crippen molar-refractivity contribution in [2.24, 2.45) is 0 Å².